The van der Waals surface area contributed by atoms with Crippen molar-refractivity contribution in [3.8, 4) is 0 Å². The lowest BCUT2D eigenvalue weighted by atomic mass is 10.1. The molecule has 0 atom stereocenters. The van der Waals surface area contributed by atoms with Gasteiger partial charge in [-0.3, -0.25) is 9.59 Å². The number of hydrogen-bond donors (Lipinski definition) is 2. The van der Waals surface area contributed by atoms with Crippen molar-refractivity contribution in [1.29, 1.82) is 0 Å². The molecule has 1 amide bonds. The van der Waals surface area contributed by atoms with Gasteiger partial charge in [0.2, 0.25) is 0 Å². The lowest BCUT2D eigenvalue weighted by Crippen LogP contribution is -2.12. The molecule has 0 spiro atoms. The molecule has 0 saturated heterocycles. The minimum absolute atomic E-state index is 0.00998. The van der Waals surface area contributed by atoms with E-state index in [0.29, 0.717) is 22.6 Å². The van der Waals surface area contributed by atoms with E-state index in [4.69, 9.17) is 0 Å². The second kappa shape index (κ2) is 7.83. The van der Waals surface area contributed by atoms with Crippen LogP contribution >= 0.6 is 0 Å². The highest BCUT2D eigenvalue weighted by atomic mass is 16.1. The fraction of sp³-hybridized carbons (Fsp3) is 0.136. The maximum Gasteiger partial charge on any atom is 0.255 e. The van der Waals surface area contributed by atoms with Gasteiger partial charge in [-0.25, -0.2) is 4.98 Å². The van der Waals surface area contributed by atoms with Crippen LogP contribution in [0.5, 0.6) is 0 Å². The lowest BCUT2D eigenvalue weighted by Gasteiger charge is -2.12. The van der Waals surface area contributed by atoms with Crippen molar-refractivity contribution in [2.24, 2.45) is 0 Å². The topological polar surface area (TPSA) is 71.1 Å². The van der Waals surface area contributed by atoms with Crippen LogP contribution in [0.15, 0.2) is 60.8 Å². The molecule has 3 aromatic rings. The molecule has 2 aromatic carbocycles. The van der Waals surface area contributed by atoms with Crippen molar-refractivity contribution in [3.63, 3.8) is 0 Å². The molecule has 1 aromatic heterocycles. The maximum atomic E-state index is 12.5. The van der Waals surface area contributed by atoms with E-state index in [2.05, 4.69) is 15.6 Å². The Labute approximate surface area is 158 Å². The number of nitrogens with zero attached hydrogens (tertiary/aromatic N) is 1. The summed E-state index contributed by atoms with van der Waals surface area (Å²) in [6.07, 6.45) is 1.60. The minimum Gasteiger partial charge on any atom is -0.340 e. The van der Waals surface area contributed by atoms with E-state index >= 15 is 0 Å². The third-order valence-electron chi connectivity index (χ3n) is 4.31. The summed E-state index contributed by atoms with van der Waals surface area (Å²) in [4.78, 5) is 28.2. The molecular weight excluding hydrogens is 338 g/mol. The average Bonchev–Trinajstić information content (AvgIpc) is 2.65. The van der Waals surface area contributed by atoms with Gasteiger partial charge >= 0.3 is 0 Å². The maximum absolute atomic E-state index is 12.5. The Kier molecular flexibility index (Phi) is 5.31. The second-order valence-electron chi connectivity index (χ2n) is 6.41. The third kappa shape index (κ3) is 4.39. The zero-order chi connectivity index (χ0) is 19.4. The lowest BCUT2D eigenvalue weighted by molar-refractivity contribution is 0.101. The summed E-state index contributed by atoms with van der Waals surface area (Å²) >= 11 is 0. The predicted molar refractivity (Wildman–Crippen MR) is 108 cm³/mol. The van der Waals surface area contributed by atoms with Gasteiger partial charge in [0, 0.05) is 28.7 Å². The minimum atomic E-state index is -0.238. The van der Waals surface area contributed by atoms with Crippen molar-refractivity contribution < 1.29 is 9.59 Å². The van der Waals surface area contributed by atoms with E-state index in [9.17, 15) is 9.59 Å². The number of pyridine rings is 1. The smallest absolute Gasteiger partial charge is 0.255 e. The van der Waals surface area contributed by atoms with Crippen LogP contribution in [0.4, 0.5) is 17.2 Å². The number of para-hydroxylation sites is 1. The van der Waals surface area contributed by atoms with Gasteiger partial charge in [0.15, 0.2) is 5.78 Å². The Hall–Kier alpha value is -3.47. The van der Waals surface area contributed by atoms with Crippen molar-refractivity contribution in [3.05, 3.63) is 83.0 Å². The summed E-state index contributed by atoms with van der Waals surface area (Å²) in [5.41, 5.74) is 4.94. The Bertz CT molecular complexity index is 974. The van der Waals surface area contributed by atoms with Crippen LogP contribution in [0.1, 0.15) is 38.8 Å². The molecule has 0 saturated carbocycles. The molecule has 0 aliphatic heterocycles. The first-order valence-electron chi connectivity index (χ1n) is 8.65. The molecule has 0 bridgehead atoms. The molecule has 5 nitrogen and oxygen atoms in total. The normalized spacial score (nSPS) is 10.3. The number of ketones is 1. The zero-order valence-electron chi connectivity index (χ0n) is 15.5. The number of benzene rings is 2. The Morgan fingerprint density at radius 3 is 2.19 bits per heavy atom. The second-order valence-corrected chi connectivity index (χ2v) is 6.41. The number of hydrogen-bond acceptors (Lipinski definition) is 4. The van der Waals surface area contributed by atoms with Crippen LogP contribution in [-0.4, -0.2) is 16.7 Å². The first kappa shape index (κ1) is 18.3. The Morgan fingerprint density at radius 1 is 0.889 bits per heavy atom. The molecule has 2 N–H and O–H groups in total. The van der Waals surface area contributed by atoms with Crippen molar-refractivity contribution in [2.45, 2.75) is 20.8 Å². The molecule has 0 unspecified atom stereocenters. The van der Waals surface area contributed by atoms with Crippen LogP contribution in [0.3, 0.4) is 0 Å². The molecule has 5 heteroatoms. The quantitative estimate of drug-likeness (QED) is 0.636. The van der Waals surface area contributed by atoms with E-state index in [-0.39, 0.29) is 11.7 Å². The first-order chi connectivity index (χ1) is 12.9. The van der Waals surface area contributed by atoms with Crippen LogP contribution in [0, 0.1) is 13.8 Å². The number of rotatable bonds is 5. The van der Waals surface area contributed by atoms with Gasteiger partial charge in [-0.05, 0) is 68.3 Å². The van der Waals surface area contributed by atoms with Gasteiger partial charge in [0.05, 0.1) is 0 Å². The largest absolute Gasteiger partial charge is 0.340 e. The standard InChI is InChI=1S/C22H21N3O2/c1-14-5-4-6-15(2)21(14)25-20-13-18(11-12-23-20)22(27)24-19-9-7-17(8-10-19)16(3)26/h4-13H,1-3H3,(H,23,25)(H,24,27). The molecule has 136 valence electrons. The fourth-order valence-corrected chi connectivity index (χ4v) is 2.77. The van der Waals surface area contributed by atoms with Crippen molar-refractivity contribution in [1.82, 2.24) is 4.98 Å². The van der Waals surface area contributed by atoms with Gasteiger partial charge in [-0.15, -0.1) is 0 Å². The monoisotopic (exact) mass is 359 g/mol. The van der Waals surface area contributed by atoms with E-state index in [1.54, 1.807) is 42.6 Å². The first-order valence-corrected chi connectivity index (χ1v) is 8.65. The number of aromatic nitrogens is 1. The SMILES string of the molecule is CC(=O)c1ccc(NC(=O)c2ccnc(Nc3c(C)cccc3C)c2)cc1. The van der Waals surface area contributed by atoms with Crippen LogP contribution < -0.4 is 10.6 Å². The van der Waals surface area contributed by atoms with E-state index in [1.165, 1.54) is 6.92 Å². The van der Waals surface area contributed by atoms with Gasteiger partial charge in [0.25, 0.3) is 5.91 Å². The summed E-state index contributed by atoms with van der Waals surface area (Å²) in [7, 11) is 0. The Balaban J connectivity index is 1.76. The third-order valence-corrected chi connectivity index (χ3v) is 4.31. The molecule has 1 heterocycles. The number of aryl methyl sites for hydroxylation is 2. The average molecular weight is 359 g/mol. The van der Waals surface area contributed by atoms with Crippen molar-refractivity contribution in [2.75, 3.05) is 10.6 Å². The molecule has 0 aliphatic rings. The van der Waals surface area contributed by atoms with Gasteiger partial charge in [-0.2, -0.15) is 0 Å². The molecular formula is C22H21N3O2. The highest BCUT2D eigenvalue weighted by Crippen LogP contribution is 2.23. The number of carbonyl (C=O) groups is 2. The van der Waals surface area contributed by atoms with Gasteiger partial charge < -0.3 is 10.6 Å². The van der Waals surface area contributed by atoms with Gasteiger partial charge in [-0.1, -0.05) is 18.2 Å². The van der Waals surface area contributed by atoms with Crippen LogP contribution in [-0.2, 0) is 0 Å². The highest BCUT2D eigenvalue weighted by molar-refractivity contribution is 6.05. The fourth-order valence-electron chi connectivity index (χ4n) is 2.77. The summed E-state index contributed by atoms with van der Waals surface area (Å²) in [6.45, 7) is 5.56. The summed E-state index contributed by atoms with van der Waals surface area (Å²) in [5.74, 6) is 0.355. The highest BCUT2D eigenvalue weighted by Gasteiger charge is 2.10. The number of Topliss-reactive ketones (excluding diaryl/α,β-unsaturated/α-hetero) is 1. The van der Waals surface area contributed by atoms with Crippen LogP contribution in [0.2, 0.25) is 0 Å². The predicted octanol–water partition coefficient (Wildman–Crippen LogP) is 4.90. The number of nitrogens with one attached hydrogen (secondary N) is 2. The molecule has 27 heavy (non-hydrogen) atoms. The molecule has 0 fully saturated rings. The van der Waals surface area contributed by atoms with E-state index in [0.717, 1.165) is 16.8 Å². The number of anilines is 3. The summed E-state index contributed by atoms with van der Waals surface area (Å²) < 4.78 is 0. The number of amides is 1. The van der Waals surface area contributed by atoms with Gasteiger partial charge in [0.1, 0.15) is 5.82 Å². The number of carbonyl (C=O) groups excluding carboxylic acids is 2. The Morgan fingerprint density at radius 2 is 1.56 bits per heavy atom. The van der Waals surface area contributed by atoms with E-state index in [1.807, 2.05) is 32.0 Å². The zero-order valence-corrected chi connectivity index (χ0v) is 15.5. The van der Waals surface area contributed by atoms with Crippen molar-refractivity contribution >= 4 is 28.9 Å². The summed E-state index contributed by atoms with van der Waals surface area (Å²) in [5, 5.41) is 6.12. The molecule has 0 radical (unpaired) electrons. The van der Waals surface area contributed by atoms with E-state index < -0.39 is 0 Å². The molecule has 0 aliphatic carbocycles. The van der Waals surface area contributed by atoms with Crippen LogP contribution in [0.25, 0.3) is 0 Å². The molecule has 3 rings (SSSR count). The summed E-state index contributed by atoms with van der Waals surface area (Å²) in [6, 6.07) is 16.2.